The molecule has 1 N–H and O–H groups in total. The van der Waals surface area contributed by atoms with Crippen molar-refractivity contribution in [1.82, 2.24) is 15.1 Å². The summed E-state index contributed by atoms with van der Waals surface area (Å²) in [5.74, 6) is 1.21. The molecule has 3 aliphatic rings. The first-order chi connectivity index (χ1) is 13.7. The van der Waals surface area contributed by atoms with Crippen LogP contribution < -0.4 is 5.32 Å². The second-order valence-electron chi connectivity index (χ2n) is 8.75. The molecule has 0 radical (unpaired) electrons. The van der Waals surface area contributed by atoms with Gasteiger partial charge in [-0.1, -0.05) is 18.6 Å². The van der Waals surface area contributed by atoms with Crippen LogP contribution in [0.25, 0.3) is 0 Å². The monoisotopic (exact) mass is 382 g/mol. The first-order valence-corrected chi connectivity index (χ1v) is 11.1. The SMILES string of the molecule is CCNC(=NCc1ccc(C(=O)N2CCCCC2)cc1)N1CCC2(CCC2)C1. The average molecular weight is 383 g/mol. The van der Waals surface area contributed by atoms with Gasteiger partial charge in [-0.05, 0) is 68.6 Å². The summed E-state index contributed by atoms with van der Waals surface area (Å²) in [5, 5.41) is 3.47. The summed E-state index contributed by atoms with van der Waals surface area (Å²) in [6, 6.07) is 8.05. The number of amides is 1. The van der Waals surface area contributed by atoms with Crippen molar-refractivity contribution in [3.8, 4) is 0 Å². The quantitative estimate of drug-likeness (QED) is 0.639. The molecule has 2 heterocycles. The lowest BCUT2D eigenvalue weighted by Crippen LogP contribution is -2.42. The summed E-state index contributed by atoms with van der Waals surface area (Å²) in [6.45, 7) is 7.75. The number of aliphatic imine (C=N–C) groups is 1. The molecule has 5 nitrogen and oxygen atoms in total. The van der Waals surface area contributed by atoms with E-state index in [9.17, 15) is 4.79 Å². The van der Waals surface area contributed by atoms with Crippen LogP contribution in [-0.2, 0) is 6.54 Å². The fraction of sp³-hybridized carbons (Fsp3) is 0.652. The van der Waals surface area contributed by atoms with Gasteiger partial charge in [0.1, 0.15) is 0 Å². The minimum absolute atomic E-state index is 0.172. The third kappa shape index (κ3) is 4.18. The lowest BCUT2D eigenvalue weighted by Gasteiger charge is -2.38. The number of carbonyl (C=O) groups excluding carboxylic acids is 1. The molecule has 0 aromatic heterocycles. The van der Waals surface area contributed by atoms with Crippen molar-refractivity contribution in [2.75, 3.05) is 32.7 Å². The van der Waals surface area contributed by atoms with Gasteiger partial charge in [0, 0.05) is 38.3 Å². The fourth-order valence-electron chi connectivity index (χ4n) is 4.83. The van der Waals surface area contributed by atoms with Gasteiger partial charge in [-0.15, -0.1) is 0 Å². The van der Waals surface area contributed by atoms with E-state index in [2.05, 4.69) is 29.3 Å². The topological polar surface area (TPSA) is 47.9 Å². The van der Waals surface area contributed by atoms with Gasteiger partial charge >= 0.3 is 0 Å². The van der Waals surface area contributed by atoms with E-state index in [-0.39, 0.29) is 5.91 Å². The molecule has 4 rings (SSSR count). The van der Waals surface area contributed by atoms with E-state index in [0.717, 1.165) is 62.7 Å². The molecule has 2 saturated heterocycles. The Morgan fingerprint density at radius 2 is 1.75 bits per heavy atom. The van der Waals surface area contributed by atoms with Crippen LogP contribution in [0.1, 0.15) is 67.8 Å². The summed E-state index contributed by atoms with van der Waals surface area (Å²) in [5.41, 5.74) is 2.53. The number of carbonyl (C=O) groups is 1. The maximum Gasteiger partial charge on any atom is 0.253 e. The summed E-state index contributed by atoms with van der Waals surface area (Å²) >= 11 is 0. The van der Waals surface area contributed by atoms with Crippen molar-refractivity contribution in [3.63, 3.8) is 0 Å². The van der Waals surface area contributed by atoms with Crippen LogP contribution in [0, 0.1) is 5.41 Å². The van der Waals surface area contributed by atoms with E-state index >= 15 is 0 Å². The molecule has 1 amide bonds. The van der Waals surface area contributed by atoms with Crippen molar-refractivity contribution in [1.29, 1.82) is 0 Å². The predicted molar refractivity (Wildman–Crippen MR) is 113 cm³/mol. The van der Waals surface area contributed by atoms with Crippen LogP contribution in [-0.4, -0.2) is 54.4 Å². The van der Waals surface area contributed by atoms with Gasteiger partial charge < -0.3 is 15.1 Å². The van der Waals surface area contributed by atoms with E-state index < -0.39 is 0 Å². The zero-order chi connectivity index (χ0) is 19.4. The third-order valence-corrected chi connectivity index (χ3v) is 6.74. The molecule has 0 bridgehead atoms. The first-order valence-electron chi connectivity index (χ1n) is 11.1. The van der Waals surface area contributed by atoms with E-state index in [1.807, 2.05) is 17.0 Å². The van der Waals surface area contributed by atoms with Gasteiger partial charge in [-0.3, -0.25) is 4.79 Å². The van der Waals surface area contributed by atoms with Crippen molar-refractivity contribution >= 4 is 11.9 Å². The maximum absolute atomic E-state index is 12.6. The third-order valence-electron chi connectivity index (χ3n) is 6.74. The molecule has 1 aromatic rings. The van der Waals surface area contributed by atoms with Crippen molar-refractivity contribution in [2.24, 2.45) is 10.4 Å². The molecule has 1 aliphatic carbocycles. The second kappa shape index (κ2) is 8.54. The number of nitrogens with zero attached hydrogens (tertiary/aromatic N) is 3. The Morgan fingerprint density at radius 1 is 1.00 bits per heavy atom. The van der Waals surface area contributed by atoms with Gasteiger partial charge in [0.15, 0.2) is 5.96 Å². The Morgan fingerprint density at radius 3 is 2.36 bits per heavy atom. The Balaban J connectivity index is 1.37. The molecule has 1 aromatic carbocycles. The molecule has 28 heavy (non-hydrogen) atoms. The zero-order valence-electron chi connectivity index (χ0n) is 17.3. The summed E-state index contributed by atoms with van der Waals surface area (Å²) in [7, 11) is 0. The molecular weight excluding hydrogens is 348 g/mol. The van der Waals surface area contributed by atoms with Crippen LogP contribution in [0.15, 0.2) is 29.3 Å². The van der Waals surface area contributed by atoms with Gasteiger partial charge in [0.25, 0.3) is 5.91 Å². The van der Waals surface area contributed by atoms with E-state index in [1.54, 1.807) is 0 Å². The van der Waals surface area contributed by atoms with E-state index in [1.165, 1.54) is 32.1 Å². The van der Waals surface area contributed by atoms with Crippen LogP contribution in [0.4, 0.5) is 0 Å². The largest absolute Gasteiger partial charge is 0.357 e. The number of nitrogens with one attached hydrogen (secondary N) is 1. The number of guanidine groups is 1. The normalized spacial score (nSPS) is 21.7. The lowest BCUT2D eigenvalue weighted by molar-refractivity contribution is 0.0724. The first kappa shape index (κ1) is 19.3. The Labute approximate surface area is 169 Å². The van der Waals surface area contributed by atoms with Gasteiger partial charge in [-0.2, -0.15) is 0 Å². The molecular formula is C23H34N4O. The minimum atomic E-state index is 0.172. The summed E-state index contributed by atoms with van der Waals surface area (Å²) < 4.78 is 0. The summed E-state index contributed by atoms with van der Waals surface area (Å²) in [4.78, 5) is 21.9. The van der Waals surface area contributed by atoms with Gasteiger partial charge in [0.05, 0.1) is 6.54 Å². The highest BCUT2D eigenvalue weighted by atomic mass is 16.2. The van der Waals surface area contributed by atoms with Crippen LogP contribution in [0.5, 0.6) is 0 Å². The van der Waals surface area contributed by atoms with Crippen molar-refractivity contribution < 1.29 is 4.79 Å². The molecule has 0 unspecified atom stereocenters. The second-order valence-corrected chi connectivity index (χ2v) is 8.75. The molecule has 1 saturated carbocycles. The standard InChI is InChI=1S/C23H34N4O/c1-2-24-22(27-16-13-23(18-27)11-6-12-23)25-17-19-7-9-20(10-8-19)21(28)26-14-4-3-5-15-26/h7-10H,2-6,11-18H2,1H3,(H,24,25). The number of hydrogen-bond acceptors (Lipinski definition) is 2. The van der Waals surface area contributed by atoms with Gasteiger partial charge in [-0.25, -0.2) is 4.99 Å². The summed E-state index contributed by atoms with van der Waals surface area (Å²) in [6.07, 6.45) is 8.97. The van der Waals surface area contributed by atoms with E-state index in [4.69, 9.17) is 4.99 Å². The highest BCUT2D eigenvalue weighted by Gasteiger charge is 2.43. The average Bonchev–Trinajstić information content (AvgIpc) is 3.18. The maximum atomic E-state index is 12.6. The number of benzene rings is 1. The van der Waals surface area contributed by atoms with Gasteiger partial charge in [0.2, 0.25) is 0 Å². The zero-order valence-corrected chi connectivity index (χ0v) is 17.3. The smallest absolute Gasteiger partial charge is 0.253 e. The number of piperidine rings is 1. The lowest BCUT2D eigenvalue weighted by atomic mass is 9.68. The molecule has 152 valence electrons. The van der Waals surface area contributed by atoms with Crippen LogP contribution >= 0.6 is 0 Å². The predicted octanol–water partition coefficient (Wildman–Crippen LogP) is 3.65. The molecule has 1 spiro atoms. The van der Waals surface area contributed by atoms with Crippen molar-refractivity contribution in [3.05, 3.63) is 35.4 Å². The molecule has 3 fully saturated rings. The minimum Gasteiger partial charge on any atom is -0.357 e. The molecule has 2 aliphatic heterocycles. The number of likely N-dealkylation sites (tertiary alicyclic amines) is 2. The van der Waals surface area contributed by atoms with Crippen LogP contribution in [0.2, 0.25) is 0 Å². The van der Waals surface area contributed by atoms with Crippen LogP contribution in [0.3, 0.4) is 0 Å². The number of hydrogen-bond donors (Lipinski definition) is 1. The Bertz CT molecular complexity index is 702. The molecule has 5 heteroatoms. The highest BCUT2D eigenvalue weighted by Crippen LogP contribution is 2.47. The fourth-order valence-corrected chi connectivity index (χ4v) is 4.83. The Hall–Kier alpha value is -2.04. The molecule has 0 atom stereocenters. The number of rotatable bonds is 4. The highest BCUT2D eigenvalue weighted by molar-refractivity contribution is 5.94. The van der Waals surface area contributed by atoms with E-state index in [0.29, 0.717) is 12.0 Å². The van der Waals surface area contributed by atoms with Crippen molar-refractivity contribution in [2.45, 2.75) is 58.4 Å². The Kier molecular flexibility index (Phi) is 5.88.